The van der Waals surface area contributed by atoms with Crippen molar-refractivity contribution in [3.05, 3.63) is 0 Å². The molecule has 1 fully saturated rings. The summed E-state index contributed by atoms with van der Waals surface area (Å²) in [5.41, 5.74) is 0.380. The maximum Gasteiger partial charge on any atom is 0.157 e. The van der Waals surface area contributed by atoms with Crippen molar-refractivity contribution in [1.29, 1.82) is 0 Å². The van der Waals surface area contributed by atoms with Crippen molar-refractivity contribution < 1.29 is 14.2 Å². The van der Waals surface area contributed by atoms with Crippen molar-refractivity contribution in [2.45, 2.75) is 26.6 Å². The molecule has 2 unspecified atom stereocenters. The van der Waals surface area contributed by atoms with Gasteiger partial charge in [-0.1, -0.05) is 13.8 Å². The molecule has 0 heterocycles. The van der Waals surface area contributed by atoms with Gasteiger partial charge in [-0.3, -0.25) is 0 Å². The van der Waals surface area contributed by atoms with Crippen LogP contribution >= 0.6 is 0 Å². The first-order chi connectivity index (χ1) is 6.57. The van der Waals surface area contributed by atoms with Gasteiger partial charge in [-0.15, -0.1) is 0 Å². The minimum absolute atomic E-state index is 0.0684. The number of methoxy groups -OCH3 is 3. The molecule has 0 N–H and O–H groups in total. The van der Waals surface area contributed by atoms with Gasteiger partial charge >= 0.3 is 0 Å². The molecule has 1 aliphatic carbocycles. The van der Waals surface area contributed by atoms with Crippen molar-refractivity contribution in [3.8, 4) is 0 Å². The lowest BCUT2D eigenvalue weighted by Crippen LogP contribution is -2.15. The van der Waals surface area contributed by atoms with Crippen LogP contribution in [0.5, 0.6) is 0 Å². The molecule has 2 atom stereocenters. The second kappa shape index (κ2) is 4.60. The van der Waals surface area contributed by atoms with Gasteiger partial charge in [-0.25, -0.2) is 0 Å². The fourth-order valence-corrected chi connectivity index (χ4v) is 2.33. The van der Waals surface area contributed by atoms with Gasteiger partial charge in [0.2, 0.25) is 0 Å². The zero-order valence-corrected chi connectivity index (χ0v) is 9.87. The van der Waals surface area contributed by atoms with Crippen LogP contribution in [0.4, 0.5) is 0 Å². The first-order valence-electron chi connectivity index (χ1n) is 5.12. The highest BCUT2D eigenvalue weighted by Gasteiger charge is 2.57. The lowest BCUT2D eigenvalue weighted by Gasteiger charge is -2.13. The van der Waals surface area contributed by atoms with Crippen LogP contribution in [0.2, 0.25) is 0 Å². The molecule has 0 aromatic heterocycles. The number of rotatable bonds is 6. The van der Waals surface area contributed by atoms with Gasteiger partial charge in [-0.05, 0) is 17.3 Å². The van der Waals surface area contributed by atoms with Gasteiger partial charge in [0.15, 0.2) is 6.29 Å². The second-order valence-corrected chi connectivity index (χ2v) is 4.63. The Bertz CT molecular complexity index is 175. The lowest BCUT2D eigenvalue weighted by atomic mass is 10.1. The van der Waals surface area contributed by atoms with Gasteiger partial charge < -0.3 is 14.2 Å². The number of ether oxygens (including phenoxy) is 3. The van der Waals surface area contributed by atoms with E-state index in [0.717, 1.165) is 13.0 Å². The third-order valence-electron chi connectivity index (χ3n) is 3.61. The van der Waals surface area contributed by atoms with E-state index in [1.807, 2.05) is 0 Å². The lowest BCUT2D eigenvalue weighted by molar-refractivity contribution is -0.111. The van der Waals surface area contributed by atoms with Crippen LogP contribution in [-0.4, -0.2) is 34.2 Å². The first kappa shape index (κ1) is 12.0. The van der Waals surface area contributed by atoms with E-state index < -0.39 is 0 Å². The Kier molecular flexibility index (Phi) is 3.93. The summed E-state index contributed by atoms with van der Waals surface area (Å²) >= 11 is 0. The van der Waals surface area contributed by atoms with Crippen molar-refractivity contribution in [3.63, 3.8) is 0 Å². The summed E-state index contributed by atoms with van der Waals surface area (Å²) in [7, 11) is 5.14. The van der Waals surface area contributed by atoms with E-state index in [4.69, 9.17) is 14.2 Å². The van der Waals surface area contributed by atoms with Crippen LogP contribution < -0.4 is 0 Å². The Morgan fingerprint density at radius 1 is 1.07 bits per heavy atom. The quantitative estimate of drug-likeness (QED) is 0.616. The second-order valence-electron chi connectivity index (χ2n) is 4.63. The average Bonchev–Trinajstić information content (AvgIpc) is 2.65. The highest BCUT2D eigenvalue weighted by Crippen LogP contribution is 2.60. The molecule has 0 radical (unpaired) electrons. The minimum atomic E-state index is -0.0684. The zero-order valence-electron chi connectivity index (χ0n) is 9.87. The fourth-order valence-electron chi connectivity index (χ4n) is 2.33. The van der Waals surface area contributed by atoms with Gasteiger partial charge in [0.05, 0.1) is 0 Å². The summed E-state index contributed by atoms with van der Waals surface area (Å²) in [6, 6.07) is 0. The molecule has 84 valence electrons. The number of hydrogen-bond donors (Lipinski definition) is 0. The summed E-state index contributed by atoms with van der Waals surface area (Å²) in [6.45, 7) is 5.41. The molecule has 0 aromatic carbocycles. The predicted molar refractivity (Wildman–Crippen MR) is 55.1 cm³/mol. The van der Waals surface area contributed by atoms with E-state index in [0.29, 0.717) is 17.3 Å². The van der Waals surface area contributed by atoms with Crippen LogP contribution in [-0.2, 0) is 14.2 Å². The molecule has 3 nitrogen and oxygen atoms in total. The molecule has 14 heavy (non-hydrogen) atoms. The fraction of sp³-hybridized carbons (Fsp3) is 1.00. The largest absolute Gasteiger partial charge is 0.384 e. The van der Waals surface area contributed by atoms with Crippen LogP contribution in [0.15, 0.2) is 0 Å². The number of hydrogen-bond acceptors (Lipinski definition) is 3. The molecule has 0 aromatic rings. The molecular weight excluding hydrogens is 180 g/mol. The summed E-state index contributed by atoms with van der Waals surface area (Å²) in [5, 5.41) is 0. The Balaban J connectivity index is 2.39. The highest BCUT2D eigenvalue weighted by molar-refractivity contribution is 5.04. The molecule has 3 heteroatoms. The molecule has 1 rings (SSSR count). The Hall–Kier alpha value is -0.120. The molecule has 0 spiro atoms. The summed E-state index contributed by atoms with van der Waals surface area (Å²) in [6.07, 6.45) is 0.898. The first-order valence-corrected chi connectivity index (χ1v) is 5.12. The maximum absolute atomic E-state index is 5.21. The van der Waals surface area contributed by atoms with Crippen LogP contribution in [0.25, 0.3) is 0 Å². The van der Waals surface area contributed by atoms with E-state index in [-0.39, 0.29) is 6.29 Å². The molecule has 1 aliphatic rings. The van der Waals surface area contributed by atoms with Crippen molar-refractivity contribution in [1.82, 2.24) is 0 Å². The Labute approximate surface area is 86.7 Å². The summed E-state index contributed by atoms with van der Waals surface area (Å²) in [4.78, 5) is 0. The zero-order chi connectivity index (χ0) is 10.8. The van der Waals surface area contributed by atoms with Crippen LogP contribution in [0.1, 0.15) is 20.3 Å². The van der Waals surface area contributed by atoms with E-state index in [1.54, 1.807) is 21.3 Å². The molecular formula is C11H22O3. The predicted octanol–water partition coefficient (Wildman–Crippen LogP) is 1.91. The standard InChI is InChI=1S/C11H22O3/c1-11(2)8(9(11)7-12-3)6-10(13-4)14-5/h8-10H,6-7H2,1-5H3. The maximum atomic E-state index is 5.21. The Morgan fingerprint density at radius 3 is 2.07 bits per heavy atom. The minimum Gasteiger partial charge on any atom is -0.384 e. The smallest absolute Gasteiger partial charge is 0.157 e. The molecule has 0 aliphatic heterocycles. The van der Waals surface area contributed by atoms with E-state index >= 15 is 0 Å². The normalized spacial score (nSPS) is 29.6. The Morgan fingerprint density at radius 2 is 1.64 bits per heavy atom. The molecule has 0 amide bonds. The van der Waals surface area contributed by atoms with Gasteiger partial charge in [0.1, 0.15) is 0 Å². The summed E-state index contributed by atoms with van der Waals surface area (Å²) < 4.78 is 15.6. The van der Waals surface area contributed by atoms with Gasteiger partial charge in [0.25, 0.3) is 0 Å². The van der Waals surface area contributed by atoms with Crippen molar-refractivity contribution in [2.75, 3.05) is 27.9 Å². The topological polar surface area (TPSA) is 27.7 Å². The van der Waals surface area contributed by atoms with Crippen LogP contribution in [0.3, 0.4) is 0 Å². The van der Waals surface area contributed by atoms with E-state index in [9.17, 15) is 0 Å². The molecule has 0 bridgehead atoms. The van der Waals surface area contributed by atoms with Crippen molar-refractivity contribution in [2.24, 2.45) is 17.3 Å². The average molecular weight is 202 g/mol. The SMILES string of the molecule is COCC1C(CC(OC)OC)C1(C)C. The molecule has 0 saturated heterocycles. The summed E-state index contributed by atoms with van der Waals surface area (Å²) in [5.74, 6) is 1.31. The highest BCUT2D eigenvalue weighted by atomic mass is 16.7. The van der Waals surface area contributed by atoms with Gasteiger partial charge in [-0.2, -0.15) is 0 Å². The van der Waals surface area contributed by atoms with Crippen LogP contribution in [0, 0.1) is 17.3 Å². The third-order valence-corrected chi connectivity index (χ3v) is 3.61. The van der Waals surface area contributed by atoms with E-state index in [2.05, 4.69) is 13.8 Å². The van der Waals surface area contributed by atoms with Gasteiger partial charge in [0, 0.05) is 34.4 Å². The molecule has 1 saturated carbocycles. The third kappa shape index (κ3) is 2.27. The monoisotopic (exact) mass is 202 g/mol. The van der Waals surface area contributed by atoms with E-state index in [1.165, 1.54) is 0 Å². The van der Waals surface area contributed by atoms with Crippen molar-refractivity contribution >= 4 is 0 Å².